The molecule has 0 bridgehead atoms. The Labute approximate surface area is 97.9 Å². The lowest BCUT2D eigenvalue weighted by Gasteiger charge is -2.20. The topological polar surface area (TPSA) is 17.1 Å². The summed E-state index contributed by atoms with van der Waals surface area (Å²) >= 11 is 0. The molecule has 0 heterocycles. The van der Waals surface area contributed by atoms with Crippen molar-refractivity contribution in [2.24, 2.45) is 0 Å². The molecular formula is C15H20O. The molecule has 0 atom stereocenters. The van der Waals surface area contributed by atoms with E-state index in [0.717, 1.165) is 12.8 Å². The summed E-state index contributed by atoms with van der Waals surface area (Å²) < 4.78 is 0. The quantitative estimate of drug-likeness (QED) is 0.738. The Balaban J connectivity index is 2.31. The van der Waals surface area contributed by atoms with Gasteiger partial charge in [-0.05, 0) is 36.3 Å². The number of rotatable bonds is 2. The van der Waals surface area contributed by atoms with Crippen LogP contribution in [0.2, 0.25) is 0 Å². The molecule has 1 fully saturated rings. The number of hydrogen-bond donors (Lipinski definition) is 0. The number of Topliss-reactive ketones (excluding diaryl/α,β-unsaturated/α-hetero) is 1. The summed E-state index contributed by atoms with van der Waals surface area (Å²) in [5.41, 5.74) is 2.59. The van der Waals surface area contributed by atoms with Gasteiger partial charge in [0.2, 0.25) is 0 Å². The minimum atomic E-state index is -0.129. The molecule has 1 heteroatoms. The predicted molar refractivity (Wildman–Crippen MR) is 66.7 cm³/mol. The molecule has 0 N–H and O–H groups in total. The number of carbonyl (C=O) groups excluding carboxylic acids is 1. The second kappa shape index (κ2) is 3.44. The van der Waals surface area contributed by atoms with Crippen LogP contribution in [0.1, 0.15) is 51.7 Å². The first-order valence-corrected chi connectivity index (χ1v) is 5.98. The van der Waals surface area contributed by atoms with E-state index in [0.29, 0.717) is 5.78 Å². The summed E-state index contributed by atoms with van der Waals surface area (Å²) in [5, 5.41) is 0. The zero-order valence-electron chi connectivity index (χ0n) is 10.6. The monoisotopic (exact) mass is 216 g/mol. The largest absolute Gasteiger partial charge is 0.299 e. The van der Waals surface area contributed by atoms with E-state index >= 15 is 0 Å². The van der Waals surface area contributed by atoms with Gasteiger partial charge in [-0.2, -0.15) is 0 Å². The van der Waals surface area contributed by atoms with E-state index in [1.807, 2.05) is 0 Å². The van der Waals surface area contributed by atoms with Gasteiger partial charge in [-0.25, -0.2) is 0 Å². The maximum Gasteiger partial charge on any atom is 0.140 e. The Hall–Kier alpha value is -1.11. The van der Waals surface area contributed by atoms with Crippen LogP contribution in [-0.2, 0) is 15.6 Å². The predicted octanol–water partition coefficient (Wildman–Crippen LogP) is 3.60. The van der Waals surface area contributed by atoms with Crippen LogP contribution in [0.25, 0.3) is 0 Å². The third kappa shape index (κ3) is 1.79. The van der Waals surface area contributed by atoms with E-state index in [9.17, 15) is 4.79 Å². The fourth-order valence-corrected chi connectivity index (χ4v) is 2.26. The average Bonchev–Trinajstić information content (AvgIpc) is 2.97. The molecule has 0 unspecified atom stereocenters. The minimum absolute atomic E-state index is 0.129. The number of ketones is 1. The Kier molecular flexibility index (Phi) is 2.45. The van der Waals surface area contributed by atoms with Crippen LogP contribution in [-0.4, -0.2) is 5.78 Å². The molecule has 0 spiro atoms. The van der Waals surface area contributed by atoms with Crippen molar-refractivity contribution in [2.45, 2.75) is 51.4 Å². The van der Waals surface area contributed by atoms with Gasteiger partial charge in [-0.15, -0.1) is 0 Å². The molecule has 1 aromatic carbocycles. The van der Waals surface area contributed by atoms with Gasteiger partial charge in [0.1, 0.15) is 5.78 Å². The van der Waals surface area contributed by atoms with Gasteiger partial charge in [-0.3, -0.25) is 4.79 Å². The molecule has 0 radical (unpaired) electrons. The first-order valence-electron chi connectivity index (χ1n) is 5.98. The van der Waals surface area contributed by atoms with Crippen molar-refractivity contribution in [1.82, 2.24) is 0 Å². The normalized spacial score (nSPS) is 18.2. The molecule has 0 amide bonds. The van der Waals surface area contributed by atoms with Crippen molar-refractivity contribution in [3.05, 3.63) is 35.4 Å². The number of carbonyl (C=O) groups is 1. The fourth-order valence-electron chi connectivity index (χ4n) is 2.26. The van der Waals surface area contributed by atoms with Crippen molar-refractivity contribution in [3.63, 3.8) is 0 Å². The summed E-state index contributed by atoms with van der Waals surface area (Å²) in [5.74, 6) is 0.316. The van der Waals surface area contributed by atoms with E-state index in [1.165, 1.54) is 11.1 Å². The van der Waals surface area contributed by atoms with Gasteiger partial charge < -0.3 is 0 Å². The van der Waals surface area contributed by atoms with E-state index in [-0.39, 0.29) is 10.8 Å². The van der Waals surface area contributed by atoms with E-state index in [1.54, 1.807) is 6.92 Å². The summed E-state index contributed by atoms with van der Waals surface area (Å²) in [6.45, 7) is 8.34. The smallest absolute Gasteiger partial charge is 0.140 e. The Morgan fingerprint density at radius 2 is 1.62 bits per heavy atom. The summed E-state index contributed by atoms with van der Waals surface area (Å²) in [7, 11) is 0. The maximum atomic E-state index is 11.6. The summed E-state index contributed by atoms with van der Waals surface area (Å²) in [4.78, 5) is 11.6. The van der Waals surface area contributed by atoms with E-state index < -0.39 is 0 Å². The lowest BCUT2D eigenvalue weighted by Crippen LogP contribution is -2.17. The van der Waals surface area contributed by atoms with Crippen LogP contribution < -0.4 is 0 Å². The molecule has 16 heavy (non-hydrogen) atoms. The third-order valence-electron chi connectivity index (χ3n) is 3.73. The molecule has 1 aliphatic carbocycles. The second-order valence-corrected chi connectivity index (χ2v) is 5.97. The van der Waals surface area contributed by atoms with Gasteiger partial charge >= 0.3 is 0 Å². The zero-order valence-corrected chi connectivity index (χ0v) is 10.6. The van der Waals surface area contributed by atoms with Crippen LogP contribution >= 0.6 is 0 Å². The minimum Gasteiger partial charge on any atom is -0.299 e. The molecule has 0 saturated heterocycles. The Morgan fingerprint density at radius 1 is 1.12 bits per heavy atom. The van der Waals surface area contributed by atoms with Crippen LogP contribution in [0.15, 0.2) is 24.3 Å². The van der Waals surface area contributed by atoms with E-state index in [2.05, 4.69) is 45.0 Å². The Bertz CT molecular complexity index is 402. The van der Waals surface area contributed by atoms with E-state index in [4.69, 9.17) is 0 Å². The highest BCUT2D eigenvalue weighted by molar-refractivity contribution is 5.91. The highest BCUT2D eigenvalue weighted by Gasteiger charge is 2.48. The highest BCUT2D eigenvalue weighted by atomic mass is 16.1. The first kappa shape index (κ1) is 11.4. The molecule has 2 rings (SSSR count). The first-order chi connectivity index (χ1) is 7.36. The van der Waals surface area contributed by atoms with Gasteiger partial charge in [-0.1, -0.05) is 45.0 Å². The maximum absolute atomic E-state index is 11.6. The molecular weight excluding hydrogens is 196 g/mol. The lowest BCUT2D eigenvalue weighted by molar-refractivity contribution is -0.119. The summed E-state index contributed by atoms with van der Waals surface area (Å²) in [6.07, 6.45) is 2.05. The van der Waals surface area contributed by atoms with Crippen molar-refractivity contribution < 1.29 is 4.79 Å². The fraction of sp³-hybridized carbons (Fsp3) is 0.533. The number of hydrogen-bond acceptors (Lipinski definition) is 1. The van der Waals surface area contributed by atoms with Gasteiger partial charge in [0.15, 0.2) is 0 Å². The summed E-state index contributed by atoms with van der Waals surface area (Å²) in [6, 6.07) is 8.60. The molecule has 0 aromatic heterocycles. The van der Waals surface area contributed by atoms with Crippen LogP contribution in [0, 0.1) is 0 Å². The van der Waals surface area contributed by atoms with Crippen molar-refractivity contribution in [1.29, 1.82) is 0 Å². The Morgan fingerprint density at radius 3 is 1.94 bits per heavy atom. The average molecular weight is 216 g/mol. The molecule has 1 saturated carbocycles. The zero-order chi connectivity index (χ0) is 12.0. The van der Waals surface area contributed by atoms with Gasteiger partial charge in [0.25, 0.3) is 0 Å². The standard InChI is InChI=1S/C15H20O/c1-11(16)15(9-10-15)13-7-5-12(6-8-13)14(2,3)4/h5-8H,9-10H2,1-4H3. The molecule has 1 aliphatic rings. The van der Waals surface area contributed by atoms with Gasteiger partial charge in [0, 0.05) is 0 Å². The van der Waals surface area contributed by atoms with Crippen LogP contribution in [0.5, 0.6) is 0 Å². The van der Waals surface area contributed by atoms with Crippen LogP contribution in [0.4, 0.5) is 0 Å². The van der Waals surface area contributed by atoms with Crippen molar-refractivity contribution in [3.8, 4) is 0 Å². The van der Waals surface area contributed by atoms with Crippen LogP contribution in [0.3, 0.4) is 0 Å². The molecule has 86 valence electrons. The van der Waals surface area contributed by atoms with Crippen molar-refractivity contribution in [2.75, 3.05) is 0 Å². The molecule has 1 aromatic rings. The molecule has 1 nitrogen and oxygen atoms in total. The third-order valence-corrected chi connectivity index (χ3v) is 3.73. The lowest BCUT2D eigenvalue weighted by atomic mass is 9.84. The molecule has 0 aliphatic heterocycles. The number of benzene rings is 1. The second-order valence-electron chi connectivity index (χ2n) is 5.97. The SMILES string of the molecule is CC(=O)C1(c2ccc(C(C)(C)C)cc2)CC1. The van der Waals surface area contributed by atoms with Gasteiger partial charge in [0.05, 0.1) is 5.41 Å². The highest BCUT2D eigenvalue weighted by Crippen LogP contribution is 2.49. The van der Waals surface area contributed by atoms with Crippen molar-refractivity contribution >= 4 is 5.78 Å².